The summed E-state index contributed by atoms with van der Waals surface area (Å²) in [5, 5.41) is 8.86. The van der Waals surface area contributed by atoms with Crippen LogP contribution in [0.1, 0.15) is 35.6 Å². The van der Waals surface area contributed by atoms with E-state index in [-0.39, 0.29) is 12.5 Å². The Balaban J connectivity index is 3.09. The van der Waals surface area contributed by atoms with E-state index in [4.69, 9.17) is 9.84 Å². The number of carbonyl (C=O) groups is 1. The minimum atomic E-state index is -0.755. The standard InChI is InChI=1S/C15H23NO3/c1-10-11(2)14(19-5)8-6-12(10)13(16(3)4)7-9-15(17)18/h6,8,13H,7,9H2,1-5H3,(H,17,18). The fourth-order valence-electron chi connectivity index (χ4n) is 2.35. The Labute approximate surface area is 115 Å². The number of hydrogen-bond acceptors (Lipinski definition) is 3. The summed E-state index contributed by atoms with van der Waals surface area (Å²) in [4.78, 5) is 12.8. The van der Waals surface area contributed by atoms with E-state index >= 15 is 0 Å². The van der Waals surface area contributed by atoms with Gasteiger partial charge in [-0.05, 0) is 57.1 Å². The summed E-state index contributed by atoms with van der Waals surface area (Å²) < 4.78 is 5.31. The van der Waals surface area contributed by atoms with E-state index in [0.717, 1.165) is 11.3 Å². The average Bonchev–Trinajstić information content (AvgIpc) is 2.34. The van der Waals surface area contributed by atoms with Gasteiger partial charge in [0.05, 0.1) is 7.11 Å². The highest BCUT2D eigenvalue weighted by Crippen LogP contribution is 2.32. The van der Waals surface area contributed by atoms with Crippen LogP contribution >= 0.6 is 0 Å². The van der Waals surface area contributed by atoms with E-state index in [0.29, 0.717) is 6.42 Å². The number of methoxy groups -OCH3 is 1. The average molecular weight is 265 g/mol. The van der Waals surface area contributed by atoms with Gasteiger partial charge in [0.15, 0.2) is 0 Å². The molecule has 1 unspecified atom stereocenters. The van der Waals surface area contributed by atoms with Gasteiger partial charge >= 0.3 is 5.97 Å². The molecule has 1 aromatic rings. The van der Waals surface area contributed by atoms with Gasteiger partial charge in [0.2, 0.25) is 0 Å². The third-order valence-corrected chi connectivity index (χ3v) is 3.61. The van der Waals surface area contributed by atoms with Gasteiger partial charge in [-0.2, -0.15) is 0 Å². The number of ether oxygens (including phenoxy) is 1. The highest BCUT2D eigenvalue weighted by atomic mass is 16.5. The second-order valence-corrected chi connectivity index (χ2v) is 5.02. The molecule has 0 aromatic heterocycles. The minimum Gasteiger partial charge on any atom is -0.496 e. The Hall–Kier alpha value is -1.55. The predicted molar refractivity (Wildman–Crippen MR) is 75.8 cm³/mol. The molecule has 106 valence electrons. The van der Waals surface area contributed by atoms with Crippen molar-refractivity contribution >= 4 is 5.97 Å². The van der Waals surface area contributed by atoms with Gasteiger partial charge < -0.3 is 14.7 Å². The lowest BCUT2D eigenvalue weighted by Crippen LogP contribution is -2.22. The van der Waals surface area contributed by atoms with Crippen molar-refractivity contribution in [2.24, 2.45) is 0 Å². The smallest absolute Gasteiger partial charge is 0.303 e. The Morgan fingerprint density at radius 3 is 2.42 bits per heavy atom. The molecule has 0 aliphatic carbocycles. The van der Waals surface area contributed by atoms with Gasteiger partial charge in [-0.1, -0.05) is 6.07 Å². The van der Waals surface area contributed by atoms with Crippen molar-refractivity contribution in [3.8, 4) is 5.75 Å². The molecule has 0 fully saturated rings. The van der Waals surface area contributed by atoms with Crippen LogP contribution in [0.3, 0.4) is 0 Å². The van der Waals surface area contributed by atoms with Gasteiger partial charge in [0.1, 0.15) is 5.75 Å². The number of aliphatic carboxylic acids is 1. The van der Waals surface area contributed by atoms with Crippen LogP contribution in [0.5, 0.6) is 5.75 Å². The first-order valence-electron chi connectivity index (χ1n) is 6.40. The Morgan fingerprint density at radius 2 is 1.95 bits per heavy atom. The highest BCUT2D eigenvalue weighted by molar-refractivity contribution is 5.66. The number of benzene rings is 1. The third-order valence-electron chi connectivity index (χ3n) is 3.61. The fourth-order valence-corrected chi connectivity index (χ4v) is 2.35. The lowest BCUT2D eigenvalue weighted by Gasteiger charge is -2.27. The maximum absolute atomic E-state index is 10.8. The molecule has 4 heteroatoms. The molecule has 0 aliphatic heterocycles. The van der Waals surface area contributed by atoms with Crippen LogP contribution in [0.2, 0.25) is 0 Å². The first kappa shape index (κ1) is 15.5. The molecule has 4 nitrogen and oxygen atoms in total. The summed E-state index contributed by atoms with van der Waals surface area (Å²) in [5.74, 6) is 0.117. The van der Waals surface area contributed by atoms with Crippen LogP contribution in [0, 0.1) is 13.8 Å². The number of rotatable bonds is 6. The fraction of sp³-hybridized carbons (Fsp3) is 0.533. The summed E-state index contributed by atoms with van der Waals surface area (Å²) in [7, 11) is 5.62. The quantitative estimate of drug-likeness (QED) is 0.859. The number of carboxylic acids is 1. The minimum absolute atomic E-state index is 0.112. The highest BCUT2D eigenvalue weighted by Gasteiger charge is 2.19. The zero-order valence-electron chi connectivity index (χ0n) is 12.4. The number of carboxylic acid groups (broad SMARTS) is 1. The van der Waals surface area contributed by atoms with Crippen molar-refractivity contribution in [3.05, 3.63) is 28.8 Å². The van der Waals surface area contributed by atoms with E-state index in [1.165, 1.54) is 11.1 Å². The molecular formula is C15H23NO3. The van der Waals surface area contributed by atoms with Crippen molar-refractivity contribution < 1.29 is 14.6 Å². The SMILES string of the molecule is COc1ccc(C(CCC(=O)O)N(C)C)c(C)c1C. The Kier molecular flexibility index (Phi) is 5.36. The maximum Gasteiger partial charge on any atom is 0.303 e. The van der Waals surface area contributed by atoms with Crippen molar-refractivity contribution in [2.75, 3.05) is 21.2 Å². The zero-order valence-corrected chi connectivity index (χ0v) is 12.4. The second kappa shape index (κ2) is 6.57. The maximum atomic E-state index is 10.8. The summed E-state index contributed by atoms with van der Waals surface area (Å²) in [6, 6.07) is 4.10. The molecule has 1 rings (SSSR count). The molecule has 1 atom stereocenters. The first-order valence-corrected chi connectivity index (χ1v) is 6.40. The van der Waals surface area contributed by atoms with E-state index in [9.17, 15) is 4.79 Å². The van der Waals surface area contributed by atoms with Gasteiger partial charge in [-0.15, -0.1) is 0 Å². The summed E-state index contributed by atoms with van der Waals surface area (Å²) in [6.45, 7) is 4.09. The molecule has 0 saturated carbocycles. The van der Waals surface area contributed by atoms with Crippen LogP contribution in [0.4, 0.5) is 0 Å². The Bertz CT molecular complexity index is 455. The van der Waals surface area contributed by atoms with Crippen molar-refractivity contribution in [1.29, 1.82) is 0 Å². The number of nitrogens with zero attached hydrogens (tertiary/aromatic N) is 1. The molecule has 0 aliphatic rings. The lowest BCUT2D eigenvalue weighted by atomic mass is 9.93. The van der Waals surface area contributed by atoms with Crippen molar-refractivity contribution in [2.45, 2.75) is 32.7 Å². The van der Waals surface area contributed by atoms with E-state index in [1.54, 1.807) is 7.11 Å². The largest absolute Gasteiger partial charge is 0.496 e. The van der Waals surface area contributed by atoms with Crippen molar-refractivity contribution in [1.82, 2.24) is 4.90 Å². The van der Waals surface area contributed by atoms with Crippen LogP contribution in [0.15, 0.2) is 12.1 Å². The monoisotopic (exact) mass is 265 g/mol. The van der Waals surface area contributed by atoms with Crippen LogP contribution in [0.25, 0.3) is 0 Å². The van der Waals surface area contributed by atoms with Gasteiger partial charge in [-0.25, -0.2) is 0 Å². The number of hydrogen-bond donors (Lipinski definition) is 1. The molecule has 0 amide bonds. The summed E-state index contributed by atoms with van der Waals surface area (Å²) >= 11 is 0. The van der Waals surface area contributed by atoms with Gasteiger partial charge in [0.25, 0.3) is 0 Å². The van der Waals surface area contributed by atoms with E-state index in [1.807, 2.05) is 33.2 Å². The molecule has 1 aromatic carbocycles. The van der Waals surface area contributed by atoms with Crippen molar-refractivity contribution in [3.63, 3.8) is 0 Å². The molecule has 0 bridgehead atoms. The second-order valence-electron chi connectivity index (χ2n) is 5.02. The van der Waals surface area contributed by atoms with Crippen LogP contribution < -0.4 is 4.74 Å². The Morgan fingerprint density at radius 1 is 1.32 bits per heavy atom. The molecule has 0 heterocycles. The summed E-state index contributed by atoms with van der Waals surface area (Å²) in [5.41, 5.74) is 3.45. The summed E-state index contributed by atoms with van der Waals surface area (Å²) in [6.07, 6.45) is 0.780. The topological polar surface area (TPSA) is 49.8 Å². The molecule has 0 spiro atoms. The van der Waals surface area contributed by atoms with E-state index in [2.05, 4.69) is 11.8 Å². The van der Waals surface area contributed by atoms with Crippen LogP contribution in [-0.4, -0.2) is 37.2 Å². The lowest BCUT2D eigenvalue weighted by molar-refractivity contribution is -0.137. The molecule has 0 saturated heterocycles. The normalized spacial score (nSPS) is 12.5. The zero-order chi connectivity index (χ0) is 14.6. The molecule has 0 radical (unpaired) electrons. The van der Waals surface area contributed by atoms with Crippen LogP contribution in [-0.2, 0) is 4.79 Å². The van der Waals surface area contributed by atoms with Gasteiger partial charge in [0, 0.05) is 12.5 Å². The molecule has 19 heavy (non-hydrogen) atoms. The predicted octanol–water partition coefficient (Wildman–Crippen LogP) is 2.78. The first-order chi connectivity index (χ1) is 8.88. The van der Waals surface area contributed by atoms with E-state index < -0.39 is 5.97 Å². The molecular weight excluding hydrogens is 242 g/mol. The third kappa shape index (κ3) is 3.70. The van der Waals surface area contributed by atoms with Gasteiger partial charge in [-0.3, -0.25) is 4.79 Å². The molecule has 1 N–H and O–H groups in total.